The van der Waals surface area contributed by atoms with Crippen molar-refractivity contribution >= 4 is 33.1 Å². The Morgan fingerprint density at radius 2 is 2.12 bits per heavy atom. The lowest BCUT2D eigenvalue weighted by atomic mass is 10.2. The molecule has 1 aromatic carbocycles. The number of benzene rings is 1. The van der Waals surface area contributed by atoms with Crippen LogP contribution in [0.15, 0.2) is 22.7 Å². The number of hydrogen-bond donors (Lipinski definition) is 1. The third kappa shape index (κ3) is 5.04. The number of thiocarbonyl (C=S) groups is 1. The summed E-state index contributed by atoms with van der Waals surface area (Å²) in [6, 6.07) is 5.70. The van der Waals surface area contributed by atoms with Gasteiger partial charge in [-0.25, -0.2) is 0 Å². The minimum absolute atomic E-state index is 0.395. The van der Waals surface area contributed by atoms with Crippen LogP contribution >= 0.6 is 28.1 Å². The number of unbranched alkanes of at least 4 members (excludes halogenated alkanes) is 3. The second-order valence-electron chi connectivity index (χ2n) is 3.92. The molecule has 4 heteroatoms. The Hall–Kier alpha value is -0.610. The normalized spacial score (nSPS) is 10.2. The zero-order valence-corrected chi connectivity index (χ0v) is 12.4. The summed E-state index contributed by atoms with van der Waals surface area (Å²) in [6.45, 7) is 2.96. The molecule has 0 aliphatic heterocycles. The monoisotopic (exact) mass is 315 g/mol. The number of hydrogen-bond acceptors (Lipinski definition) is 2. The summed E-state index contributed by atoms with van der Waals surface area (Å²) in [4.78, 5) is 0.395. The van der Waals surface area contributed by atoms with Crippen molar-refractivity contribution in [3.8, 4) is 5.75 Å². The fraction of sp³-hybridized carbons (Fsp3) is 0.462. The van der Waals surface area contributed by atoms with Gasteiger partial charge in [-0.2, -0.15) is 0 Å². The second kappa shape index (κ2) is 7.67. The highest BCUT2D eigenvalue weighted by atomic mass is 79.9. The first-order valence-electron chi connectivity index (χ1n) is 5.87. The van der Waals surface area contributed by atoms with Crippen LogP contribution in [0.25, 0.3) is 0 Å². The SMILES string of the molecule is CCCCCCOc1ccc(C(N)=S)c(Br)c1. The predicted octanol–water partition coefficient (Wildman–Crippen LogP) is 4.04. The Kier molecular flexibility index (Phi) is 6.52. The maximum atomic E-state index is 5.65. The van der Waals surface area contributed by atoms with E-state index in [0.717, 1.165) is 28.8 Å². The predicted molar refractivity (Wildman–Crippen MR) is 79.7 cm³/mol. The molecule has 0 fully saturated rings. The van der Waals surface area contributed by atoms with Crippen molar-refractivity contribution < 1.29 is 4.74 Å². The molecule has 0 amide bonds. The minimum Gasteiger partial charge on any atom is -0.494 e. The molecule has 0 saturated heterocycles. The van der Waals surface area contributed by atoms with Crippen molar-refractivity contribution in [3.05, 3.63) is 28.2 Å². The third-order valence-electron chi connectivity index (χ3n) is 2.47. The number of nitrogens with two attached hydrogens (primary N) is 1. The summed E-state index contributed by atoms with van der Waals surface area (Å²) in [6.07, 6.45) is 4.84. The van der Waals surface area contributed by atoms with Gasteiger partial charge < -0.3 is 10.5 Å². The van der Waals surface area contributed by atoms with Gasteiger partial charge in [-0.15, -0.1) is 0 Å². The molecule has 0 heterocycles. The molecule has 1 rings (SSSR count). The molecular formula is C13H18BrNOS. The van der Waals surface area contributed by atoms with E-state index in [0.29, 0.717) is 4.99 Å². The lowest BCUT2D eigenvalue weighted by Gasteiger charge is -2.08. The summed E-state index contributed by atoms with van der Waals surface area (Å²) < 4.78 is 6.54. The number of ether oxygens (including phenoxy) is 1. The highest BCUT2D eigenvalue weighted by molar-refractivity contribution is 9.10. The van der Waals surface area contributed by atoms with Gasteiger partial charge in [-0.3, -0.25) is 0 Å². The van der Waals surface area contributed by atoms with E-state index in [-0.39, 0.29) is 0 Å². The van der Waals surface area contributed by atoms with Crippen LogP contribution in [-0.2, 0) is 0 Å². The van der Waals surface area contributed by atoms with E-state index in [1.54, 1.807) is 0 Å². The molecule has 0 aliphatic carbocycles. The van der Waals surface area contributed by atoms with Crippen molar-refractivity contribution in [1.29, 1.82) is 0 Å². The number of rotatable bonds is 7. The van der Waals surface area contributed by atoms with Crippen LogP contribution in [0, 0.1) is 0 Å². The van der Waals surface area contributed by atoms with Gasteiger partial charge in [0.25, 0.3) is 0 Å². The van der Waals surface area contributed by atoms with Gasteiger partial charge in [0.05, 0.1) is 6.61 Å². The molecule has 17 heavy (non-hydrogen) atoms. The maximum absolute atomic E-state index is 5.65. The molecule has 0 aromatic heterocycles. The molecule has 0 radical (unpaired) electrons. The Morgan fingerprint density at radius 1 is 1.35 bits per heavy atom. The van der Waals surface area contributed by atoms with Gasteiger partial charge in [-0.05, 0) is 40.5 Å². The van der Waals surface area contributed by atoms with Crippen molar-refractivity contribution in [2.75, 3.05) is 6.61 Å². The van der Waals surface area contributed by atoms with Crippen LogP contribution in [0.4, 0.5) is 0 Å². The first-order chi connectivity index (χ1) is 8.15. The Balaban J connectivity index is 2.45. The van der Waals surface area contributed by atoms with Crippen LogP contribution in [-0.4, -0.2) is 11.6 Å². The fourth-order valence-corrected chi connectivity index (χ4v) is 2.38. The first-order valence-corrected chi connectivity index (χ1v) is 7.07. The average Bonchev–Trinajstić information content (AvgIpc) is 2.28. The van der Waals surface area contributed by atoms with Crippen LogP contribution in [0.3, 0.4) is 0 Å². The summed E-state index contributed by atoms with van der Waals surface area (Å²) in [5.74, 6) is 0.855. The summed E-state index contributed by atoms with van der Waals surface area (Å²) >= 11 is 8.37. The lowest BCUT2D eigenvalue weighted by molar-refractivity contribution is 0.305. The molecule has 94 valence electrons. The van der Waals surface area contributed by atoms with Gasteiger partial charge in [0.15, 0.2) is 0 Å². The Labute approximate surface area is 117 Å². The topological polar surface area (TPSA) is 35.2 Å². The van der Waals surface area contributed by atoms with Gasteiger partial charge >= 0.3 is 0 Å². The van der Waals surface area contributed by atoms with Crippen molar-refractivity contribution in [2.45, 2.75) is 32.6 Å². The zero-order chi connectivity index (χ0) is 12.7. The van der Waals surface area contributed by atoms with Crippen molar-refractivity contribution in [1.82, 2.24) is 0 Å². The molecule has 0 spiro atoms. The van der Waals surface area contributed by atoms with E-state index in [9.17, 15) is 0 Å². The molecule has 0 saturated carbocycles. The van der Waals surface area contributed by atoms with Crippen LogP contribution in [0.5, 0.6) is 5.75 Å². The largest absolute Gasteiger partial charge is 0.494 e. The van der Waals surface area contributed by atoms with E-state index in [1.165, 1.54) is 19.3 Å². The zero-order valence-electron chi connectivity index (χ0n) is 10.0. The second-order valence-corrected chi connectivity index (χ2v) is 5.21. The first kappa shape index (κ1) is 14.5. The molecule has 0 aliphatic rings. The molecule has 2 N–H and O–H groups in total. The van der Waals surface area contributed by atoms with Crippen LogP contribution in [0.2, 0.25) is 0 Å². The molecule has 0 unspecified atom stereocenters. The summed E-state index contributed by atoms with van der Waals surface area (Å²) in [5.41, 5.74) is 6.43. The average molecular weight is 316 g/mol. The summed E-state index contributed by atoms with van der Waals surface area (Å²) in [5, 5.41) is 0. The highest BCUT2D eigenvalue weighted by Crippen LogP contribution is 2.23. The number of halogens is 1. The van der Waals surface area contributed by atoms with E-state index >= 15 is 0 Å². The Morgan fingerprint density at radius 3 is 2.71 bits per heavy atom. The minimum atomic E-state index is 0.395. The molecule has 0 atom stereocenters. The van der Waals surface area contributed by atoms with E-state index in [1.807, 2.05) is 18.2 Å². The third-order valence-corrected chi connectivity index (χ3v) is 3.35. The molecule has 2 nitrogen and oxygen atoms in total. The molecule has 0 bridgehead atoms. The summed E-state index contributed by atoms with van der Waals surface area (Å²) in [7, 11) is 0. The standard InChI is InChI=1S/C13H18BrNOS/c1-2-3-4-5-8-16-10-6-7-11(13(15)17)12(14)9-10/h6-7,9H,2-5,8H2,1H3,(H2,15,17). The maximum Gasteiger partial charge on any atom is 0.120 e. The van der Waals surface area contributed by atoms with E-state index < -0.39 is 0 Å². The lowest BCUT2D eigenvalue weighted by Crippen LogP contribution is -2.10. The molecule has 1 aromatic rings. The van der Waals surface area contributed by atoms with Gasteiger partial charge in [0, 0.05) is 10.0 Å². The van der Waals surface area contributed by atoms with Gasteiger partial charge in [0.1, 0.15) is 10.7 Å². The van der Waals surface area contributed by atoms with E-state index in [4.69, 9.17) is 22.7 Å². The Bertz CT molecular complexity index is 382. The van der Waals surface area contributed by atoms with Gasteiger partial charge in [-0.1, -0.05) is 38.4 Å². The fourth-order valence-electron chi connectivity index (χ4n) is 1.50. The van der Waals surface area contributed by atoms with Crippen molar-refractivity contribution in [3.63, 3.8) is 0 Å². The smallest absolute Gasteiger partial charge is 0.120 e. The van der Waals surface area contributed by atoms with Crippen molar-refractivity contribution in [2.24, 2.45) is 5.73 Å². The quantitative estimate of drug-likeness (QED) is 0.609. The van der Waals surface area contributed by atoms with E-state index in [2.05, 4.69) is 22.9 Å². The van der Waals surface area contributed by atoms with Crippen LogP contribution in [0.1, 0.15) is 38.2 Å². The van der Waals surface area contributed by atoms with Gasteiger partial charge in [0.2, 0.25) is 0 Å². The van der Waals surface area contributed by atoms with Crippen LogP contribution < -0.4 is 10.5 Å². The highest BCUT2D eigenvalue weighted by Gasteiger charge is 2.04. The molecular weight excluding hydrogens is 298 g/mol.